The topological polar surface area (TPSA) is 40.5 Å². The Bertz CT molecular complexity index is 249. The minimum atomic E-state index is -0.411. The lowest BCUT2D eigenvalue weighted by Gasteiger charge is -2.41. The van der Waals surface area contributed by atoms with Crippen LogP contribution in [0.3, 0.4) is 0 Å². The van der Waals surface area contributed by atoms with Gasteiger partial charge in [-0.2, -0.15) is 0 Å². The largest absolute Gasteiger partial charge is 0.392 e. The van der Waals surface area contributed by atoms with Crippen molar-refractivity contribution in [2.45, 2.75) is 50.0 Å². The van der Waals surface area contributed by atoms with Crippen molar-refractivity contribution < 1.29 is 9.90 Å². The zero-order valence-electron chi connectivity index (χ0n) is 9.24. The highest BCUT2D eigenvalue weighted by atomic mass is 32.2. The molecule has 1 atom stereocenters. The number of amides is 1. The van der Waals surface area contributed by atoms with Crippen molar-refractivity contribution in [3.8, 4) is 0 Å². The Kier molecular flexibility index (Phi) is 3.26. The predicted octanol–water partition coefficient (Wildman–Crippen LogP) is 1.60. The Labute approximate surface area is 95.2 Å². The Morgan fingerprint density at radius 3 is 2.73 bits per heavy atom. The molecule has 2 rings (SSSR count). The number of rotatable bonds is 2. The van der Waals surface area contributed by atoms with Crippen molar-refractivity contribution >= 4 is 17.7 Å². The Morgan fingerprint density at radius 2 is 2.13 bits per heavy atom. The fourth-order valence-electron chi connectivity index (χ4n) is 2.63. The summed E-state index contributed by atoms with van der Waals surface area (Å²) < 4.78 is 0. The Hall–Kier alpha value is -0.220. The van der Waals surface area contributed by atoms with Crippen LogP contribution < -0.4 is 0 Å². The van der Waals surface area contributed by atoms with Gasteiger partial charge in [-0.25, -0.2) is 0 Å². The van der Waals surface area contributed by atoms with E-state index in [0.717, 1.165) is 12.8 Å². The summed E-state index contributed by atoms with van der Waals surface area (Å²) in [7, 11) is 0. The molecule has 0 aromatic heterocycles. The van der Waals surface area contributed by atoms with Gasteiger partial charge in [-0.3, -0.25) is 4.79 Å². The molecule has 15 heavy (non-hydrogen) atoms. The van der Waals surface area contributed by atoms with E-state index in [1.807, 2.05) is 4.90 Å². The number of nitrogens with zero attached hydrogens (tertiary/aromatic N) is 1. The van der Waals surface area contributed by atoms with Crippen LogP contribution in [0.4, 0.5) is 0 Å². The molecule has 2 fully saturated rings. The van der Waals surface area contributed by atoms with Gasteiger partial charge >= 0.3 is 0 Å². The predicted molar refractivity (Wildman–Crippen MR) is 61.7 cm³/mol. The molecule has 1 aliphatic heterocycles. The standard InChI is InChI=1S/C11H19NO2S/c1-9(13)7-12-10(14)8-15-11(12)5-3-2-4-6-11/h9,13H,2-8H2,1H3. The summed E-state index contributed by atoms with van der Waals surface area (Å²) in [4.78, 5) is 13.7. The van der Waals surface area contributed by atoms with E-state index >= 15 is 0 Å². The van der Waals surface area contributed by atoms with Gasteiger partial charge in [-0.15, -0.1) is 11.8 Å². The van der Waals surface area contributed by atoms with E-state index in [0.29, 0.717) is 12.3 Å². The molecule has 1 N–H and O–H groups in total. The number of hydrogen-bond donors (Lipinski definition) is 1. The maximum Gasteiger partial charge on any atom is 0.233 e. The minimum Gasteiger partial charge on any atom is -0.392 e. The SMILES string of the molecule is CC(O)CN1C(=O)CSC12CCCCC2. The Morgan fingerprint density at radius 1 is 1.47 bits per heavy atom. The van der Waals surface area contributed by atoms with Crippen LogP contribution in [0.15, 0.2) is 0 Å². The molecule has 1 heterocycles. The van der Waals surface area contributed by atoms with E-state index in [1.54, 1.807) is 18.7 Å². The van der Waals surface area contributed by atoms with E-state index in [4.69, 9.17) is 0 Å². The third-order valence-electron chi connectivity index (χ3n) is 3.34. The highest BCUT2D eigenvalue weighted by Gasteiger charge is 2.46. The van der Waals surface area contributed by atoms with Gasteiger partial charge in [0.25, 0.3) is 0 Å². The van der Waals surface area contributed by atoms with Crippen LogP contribution in [0.1, 0.15) is 39.0 Å². The molecular formula is C11H19NO2S. The molecule has 2 aliphatic rings. The fourth-order valence-corrected chi connectivity index (χ4v) is 4.09. The molecule has 4 heteroatoms. The van der Waals surface area contributed by atoms with Crippen molar-refractivity contribution in [3.63, 3.8) is 0 Å². The summed E-state index contributed by atoms with van der Waals surface area (Å²) in [6.07, 6.45) is 5.53. The van der Waals surface area contributed by atoms with Gasteiger partial charge in [0.2, 0.25) is 5.91 Å². The van der Waals surface area contributed by atoms with Crippen LogP contribution in [0.5, 0.6) is 0 Å². The summed E-state index contributed by atoms with van der Waals surface area (Å²) in [5.41, 5.74) is 0. The number of carbonyl (C=O) groups is 1. The van der Waals surface area contributed by atoms with Gasteiger partial charge < -0.3 is 10.0 Å². The van der Waals surface area contributed by atoms with Gasteiger partial charge in [0, 0.05) is 6.54 Å². The quantitative estimate of drug-likeness (QED) is 0.782. The first-order chi connectivity index (χ1) is 7.14. The van der Waals surface area contributed by atoms with E-state index in [2.05, 4.69) is 0 Å². The second-order valence-electron chi connectivity index (χ2n) is 4.65. The lowest BCUT2D eigenvalue weighted by Crippen LogP contribution is -2.48. The van der Waals surface area contributed by atoms with Crippen molar-refractivity contribution in [1.29, 1.82) is 0 Å². The first-order valence-electron chi connectivity index (χ1n) is 5.76. The molecule has 0 radical (unpaired) electrons. The molecule has 1 aliphatic carbocycles. The second kappa shape index (κ2) is 4.34. The van der Waals surface area contributed by atoms with Crippen molar-refractivity contribution in [1.82, 2.24) is 4.90 Å². The van der Waals surface area contributed by atoms with E-state index in [-0.39, 0.29) is 10.8 Å². The molecule has 3 nitrogen and oxygen atoms in total. The van der Waals surface area contributed by atoms with Crippen LogP contribution in [0, 0.1) is 0 Å². The lowest BCUT2D eigenvalue weighted by atomic mass is 9.93. The molecule has 1 spiro atoms. The third-order valence-corrected chi connectivity index (χ3v) is 4.90. The molecule has 0 aromatic carbocycles. The summed E-state index contributed by atoms with van der Waals surface area (Å²) in [6, 6.07) is 0. The van der Waals surface area contributed by atoms with Gasteiger partial charge in [0.15, 0.2) is 0 Å². The zero-order valence-corrected chi connectivity index (χ0v) is 10.1. The summed E-state index contributed by atoms with van der Waals surface area (Å²) in [5, 5.41) is 9.44. The number of hydrogen-bond acceptors (Lipinski definition) is 3. The number of aliphatic hydroxyl groups is 1. The van der Waals surface area contributed by atoms with Crippen LogP contribution in [-0.4, -0.2) is 39.2 Å². The van der Waals surface area contributed by atoms with E-state index < -0.39 is 6.10 Å². The number of thioether (sulfide) groups is 1. The summed E-state index contributed by atoms with van der Waals surface area (Å²) in [6.45, 7) is 2.26. The van der Waals surface area contributed by atoms with Crippen LogP contribution in [-0.2, 0) is 4.79 Å². The smallest absolute Gasteiger partial charge is 0.233 e. The van der Waals surface area contributed by atoms with Crippen molar-refractivity contribution in [2.24, 2.45) is 0 Å². The Balaban J connectivity index is 2.11. The van der Waals surface area contributed by atoms with E-state index in [9.17, 15) is 9.90 Å². The van der Waals surface area contributed by atoms with Crippen molar-refractivity contribution in [3.05, 3.63) is 0 Å². The minimum absolute atomic E-state index is 0.0341. The third kappa shape index (κ3) is 2.16. The number of β-amino-alcohol motifs (C(OH)–C–C–N with tert-alkyl or cyclic N) is 1. The average molecular weight is 229 g/mol. The summed E-state index contributed by atoms with van der Waals surface area (Å²) >= 11 is 1.79. The highest BCUT2D eigenvalue weighted by Crippen LogP contribution is 2.46. The van der Waals surface area contributed by atoms with Gasteiger partial charge in [-0.1, -0.05) is 19.3 Å². The van der Waals surface area contributed by atoms with Gasteiger partial charge in [0.05, 0.1) is 16.7 Å². The molecule has 1 saturated heterocycles. The van der Waals surface area contributed by atoms with Crippen molar-refractivity contribution in [2.75, 3.05) is 12.3 Å². The molecular weight excluding hydrogens is 210 g/mol. The first-order valence-corrected chi connectivity index (χ1v) is 6.75. The number of aliphatic hydroxyl groups excluding tert-OH is 1. The van der Waals surface area contributed by atoms with Crippen LogP contribution >= 0.6 is 11.8 Å². The average Bonchev–Trinajstić information content (AvgIpc) is 2.48. The van der Waals surface area contributed by atoms with E-state index in [1.165, 1.54) is 19.3 Å². The first kappa shape index (κ1) is 11.3. The molecule has 86 valence electrons. The fraction of sp³-hybridized carbons (Fsp3) is 0.909. The maximum atomic E-state index is 11.8. The molecule has 1 amide bonds. The number of carbonyl (C=O) groups excluding carboxylic acids is 1. The molecule has 1 saturated carbocycles. The molecule has 1 unspecified atom stereocenters. The monoisotopic (exact) mass is 229 g/mol. The second-order valence-corrected chi connectivity index (χ2v) is 5.99. The maximum absolute atomic E-state index is 11.8. The van der Waals surface area contributed by atoms with Crippen LogP contribution in [0.2, 0.25) is 0 Å². The van der Waals surface area contributed by atoms with Gasteiger partial charge in [0.1, 0.15) is 0 Å². The molecule has 0 aromatic rings. The highest BCUT2D eigenvalue weighted by molar-refractivity contribution is 8.01. The summed E-state index contributed by atoms with van der Waals surface area (Å²) in [5.74, 6) is 0.815. The van der Waals surface area contributed by atoms with Crippen LogP contribution in [0.25, 0.3) is 0 Å². The lowest BCUT2D eigenvalue weighted by molar-refractivity contribution is -0.132. The molecule has 0 bridgehead atoms. The zero-order chi connectivity index (χ0) is 10.9. The normalized spacial score (nSPS) is 27.3. The van der Waals surface area contributed by atoms with Gasteiger partial charge in [-0.05, 0) is 19.8 Å².